The molecule has 0 aromatic carbocycles. The SMILES string of the molecule is O.O.O.O.O.[F][Ta]([F])([F])[F]. The van der Waals surface area contributed by atoms with Gasteiger partial charge in [-0.05, 0) is 0 Å². The Hall–Kier alpha value is 0.260. The topological polar surface area (TPSA) is 158 Å². The van der Waals surface area contributed by atoms with Crippen LogP contribution in [-0.4, -0.2) is 27.4 Å². The first kappa shape index (κ1) is 48.5. The summed E-state index contributed by atoms with van der Waals surface area (Å²) in [6.07, 6.45) is 0. The standard InChI is InChI=1S/4FH.5H2O.Ta/h4*1H;5*1H2;/q;;;;;;;;;+4/p-4. The Labute approximate surface area is 59.5 Å². The molecule has 0 saturated carbocycles. The molecule has 0 bridgehead atoms. The van der Waals surface area contributed by atoms with Gasteiger partial charge in [-0.3, -0.25) is 0 Å². The second kappa shape index (κ2) is 16.1. The molecule has 0 spiro atoms. The third kappa shape index (κ3) is 6430. The zero-order valence-corrected chi connectivity index (χ0v) is 7.67. The molecule has 0 atom stereocenters. The molecule has 5 nitrogen and oxygen atoms in total. The van der Waals surface area contributed by atoms with Gasteiger partial charge in [0.2, 0.25) is 0 Å². The van der Waals surface area contributed by atoms with Crippen molar-refractivity contribution in [1.29, 1.82) is 0 Å². The predicted octanol–water partition coefficient (Wildman–Crippen LogP) is -2.45. The molecule has 0 amide bonds. The summed E-state index contributed by atoms with van der Waals surface area (Å²) >= 11 is -7.22. The molecule has 0 aromatic heterocycles. The summed E-state index contributed by atoms with van der Waals surface area (Å²) in [5, 5.41) is 0. The van der Waals surface area contributed by atoms with Gasteiger partial charge in [0.15, 0.2) is 0 Å². The molecule has 0 aliphatic carbocycles. The van der Waals surface area contributed by atoms with Crippen molar-refractivity contribution in [3.8, 4) is 0 Å². The molecule has 0 aromatic rings. The van der Waals surface area contributed by atoms with E-state index in [4.69, 9.17) is 0 Å². The third-order valence-electron chi connectivity index (χ3n) is 0. The number of halogens is 4. The Kier molecular flexibility index (Phi) is 78.2. The van der Waals surface area contributed by atoms with Crippen LogP contribution < -0.4 is 0 Å². The van der Waals surface area contributed by atoms with Crippen LogP contribution in [-0.2, 0) is 19.3 Å². The fourth-order valence-corrected chi connectivity index (χ4v) is 0. The van der Waals surface area contributed by atoms with E-state index in [-0.39, 0.29) is 27.4 Å². The minimum atomic E-state index is -7.22. The van der Waals surface area contributed by atoms with E-state index >= 15 is 0 Å². The van der Waals surface area contributed by atoms with E-state index in [0.29, 0.717) is 0 Å². The fraction of sp³-hybridized carbons (Fsp3) is 0. The van der Waals surface area contributed by atoms with Crippen LogP contribution in [0.5, 0.6) is 0 Å². The molecule has 0 saturated heterocycles. The molecule has 10 N–H and O–H groups in total. The number of hydrogen-bond acceptors (Lipinski definition) is 0. The molecular weight excluding hydrogens is 337 g/mol. The summed E-state index contributed by atoms with van der Waals surface area (Å²) in [4.78, 5) is 0. The molecule has 0 radical (unpaired) electrons. The van der Waals surface area contributed by atoms with Gasteiger partial charge < -0.3 is 27.4 Å². The van der Waals surface area contributed by atoms with Crippen molar-refractivity contribution in [2.75, 3.05) is 0 Å². The summed E-state index contributed by atoms with van der Waals surface area (Å²) < 4.78 is 39.6. The van der Waals surface area contributed by atoms with Crippen molar-refractivity contribution in [3.05, 3.63) is 0 Å². The normalized spacial score (nSPS) is 6.00. The van der Waals surface area contributed by atoms with E-state index in [1.54, 1.807) is 0 Å². The van der Waals surface area contributed by atoms with Crippen LogP contribution in [0.1, 0.15) is 0 Å². The Bertz CT molecular complexity index is 29.1. The van der Waals surface area contributed by atoms with Crippen molar-refractivity contribution >= 4 is 0 Å². The van der Waals surface area contributed by atoms with Crippen LogP contribution in [0.3, 0.4) is 0 Å². The Balaban J connectivity index is -0.00000000800. The summed E-state index contributed by atoms with van der Waals surface area (Å²) in [6.45, 7) is 0. The molecule has 0 rings (SSSR count). The van der Waals surface area contributed by atoms with Crippen molar-refractivity contribution in [2.45, 2.75) is 0 Å². The Morgan fingerprint density at radius 2 is 0.500 bits per heavy atom. The van der Waals surface area contributed by atoms with E-state index in [2.05, 4.69) is 0 Å². The van der Waals surface area contributed by atoms with Gasteiger partial charge in [-0.25, -0.2) is 0 Å². The molecule has 0 aliphatic rings. The van der Waals surface area contributed by atoms with Crippen LogP contribution in [0, 0.1) is 0 Å². The zero-order chi connectivity index (χ0) is 4.50. The number of rotatable bonds is 0. The molecular formula is H10F4O5Ta. The van der Waals surface area contributed by atoms with Gasteiger partial charge in [-0.2, -0.15) is 0 Å². The average molecular weight is 347 g/mol. The Morgan fingerprint density at radius 3 is 0.500 bits per heavy atom. The minimum absolute atomic E-state index is 0. The average Bonchev–Trinajstić information content (AvgIpc) is 0.722. The maximum absolute atomic E-state index is 9.90. The summed E-state index contributed by atoms with van der Waals surface area (Å²) in [7, 11) is 0. The zero-order valence-electron chi connectivity index (χ0n) is 4.46. The number of hydrogen-bond donors (Lipinski definition) is 0. The van der Waals surface area contributed by atoms with Crippen molar-refractivity contribution in [3.63, 3.8) is 0 Å². The third-order valence-corrected chi connectivity index (χ3v) is 0. The first-order valence-corrected chi connectivity index (χ1v) is 5.53. The van der Waals surface area contributed by atoms with Gasteiger partial charge in [0, 0.05) is 0 Å². The second-order valence-corrected chi connectivity index (χ2v) is 3.14. The predicted molar refractivity (Wildman–Crippen MR) is 22.5 cm³/mol. The van der Waals surface area contributed by atoms with Gasteiger partial charge >= 0.3 is 31.4 Å². The molecule has 0 unspecified atom stereocenters. The van der Waals surface area contributed by atoms with Crippen molar-refractivity contribution in [2.24, 2.45) is 0 Å². The van der Waals surface area contributed by atoms with E-state index in [1.165, 1.54) is 0 Å². The van der Waals surface area contributed by atoms with Crippen LogP contribution >= 0.6 is 0 Å². The van der Waals surface area contributed by atoms with E-state index in [0.717, 1.165) is 0 Å². The maximum atomic E-state index is 9.90. The van der Waals surface area contributed by atoms with Gasteiger partial charge in [0.05, 0.1) is 0 Å². The van der Waals surface area contributed by atoms with Gasteiger partial charge in [0.1, 0.15) is 0 Å². The van der Waals surface area contributed by atoms with Crippen molar-refractivity contribution < 1.29 is 58.8 Å². The first-order valence-electron chi connectivity index (χ1n) is 0.676. The van der Waals surface area contributed by atoms with Gasteiger partial charge in [0.25, 0.3) is 0 Å². The monoisotopic (exact) mass is 347 g/mol. The van der Waals surface area contributed by atoms with E-state index in [1.807, 2.05) is 0 Å². The Morgan fingerprint density at radius 1 is 0.500 bits per heavy atom. The van der Waals surface area contributed by atoms with Gasteiger partial charge in [-0.1, -0.05) is 0 Å². The van der Waals surface area contributed by atoms with E-state index < -0.39 is 19.3 Å². The van der Waals surface area contributed by atoms with Crippen LogP contribution in [0.25, 0.3) is 0 Å². The summed E-state index contributed by atoms with van der Waals surface area (Å²) in [5.41, 5.74) is 0. The van der Waals surface area contributed by atoms with Crippen molar-refractivity contribution in [1.82, 2.24) is 0 Å². The van der Waals surface area contributed by atoms with Crippen LogP contribution in [0.4, 0.5) is 12.1 Å². The summed E-state index contributed by atoms with van der Waals surface area (Å²) in [6, 6.07) is 0. The quantitative estimate of drug-likeness (QED) is 0.427. The second-order valence-electron chi connectivity index (χ2n) is 0.383. The first-order chi connectivity index (χ1) is 2.00. The molecule has 0 fully saturated rings. The van der Waals surface area contributed by atoms with Crippen LogP contribution in [0.15, 0.2) is 0 Å². The van der Waals surface area contributed by atoms with E-state index in [9.17, 15) is 12.1 Å². The summed E-state index contributed by atoms with van der Waals surface area (Å²) in [5.74, 6) is 0. The molecule has 10 heavy (non-hydrogen) atoms. The molecule has 10 heteroatoms. The fourth-order valence-electron chi connectivity index (χ4n) is 0. The van der Waals surface area contributed by atoms with Gasteiger partial charge in [-0.15, -0.1) is 0 Å². The molecule has 0 aliphatic heterocycles. The molecule has 0 heterocycles. The molecule has 73 valence electrons. The van der Waals surface area contributed by atoms with Crippen LogP contribution in [0.2, 0.25) is 0 Å².